The Bertz CT molecular complexity index is 333. The summed E-state index contributed by atoms with van der Waals surface area (Å²) in [6.07, 6.45) is 5.57. The van der Waals surface area contributed by atoms with E-state index < -0.39 is 11.5 Å². The van der Waals surface area contributed by atoms with Crippen molar-refractivity contribution in [2.75, 3.05) is 0 Å². The zero-order chi connectivity index (χ0) is 14.5. The van der Waals surface area contributed by atoms with Crippen molar-refractivity contribution in [3.63, 3.8) is 0 Å². The summed E-state index contributed by atoms with van der Waals surface area (Å²) in [6.45, 7) is 5.60. The highest BCUT2D eigenvalue weighted by molar-refractivity contribution is 5.85. The summed E-state index contributed by atoms with van der Waals surface area (Å²) in [5.41, 5.74) is -1.18. The quantitative estimate of drug-likeness (QED) is 0.718. The molecule has 1 aliphatic carbocycles. The average molecular weight is 270 g/mol. The second-order valence-corrected chi connectivity index (χ2v) is 5.85. The van der Waals surface area contributed by atoms with Gasteiger partial charge in [-0.1, -0.05) is 33.1 Å². The largest absolute Gasteiger partial charge is 0.480 e. The van der Waals surface area contributed by atoms with Gasteiger partial charge in [-0.25, -0.2) is 9.59 Å². The predicted octanol–water partition coefficient (Wildman–Crippen LogP) is 2.51. The third-order valence-corrected chi connectivity index (χ3v) is 4.04. The van der Waals surface area contributed by atoms with E-state index in [-0.39, 0.29) is 12.1 Å². The molecule has 19 heavy (non-hydrogen) atoms. The number of nitrogens with one attached hydrogen (secondary N) is 2. The van der Waals surface area contributed by atoms with Crippen LogP contribution in [0, 0.1) is 5.92 Å². The van der Waals surface area contributed by atoms with Crippen molar-refractivity contribution in [1.82, 2.24) is 10.6 Å². The van der Waals surface area contributed by atoms with Crippen LogP contribution in [-0.4, -0.2) is 28.7 Å². The molecule has 3 atom stereocenters. The van der Waals surface area contributed by atoms with Crippen LogP contribution in [0.3, 0.4) is 0 Å². The Labute approximate surface area is 115 Å². The van der Waals surface area contributed by atoms with Crippen LogP contribution >= 0.6 is 0 Å². The first kappa shape index (κ1) is 15.8. The predicted molar refractivity (Wildman–Crippen MR) is 74.0 cm³/mol. The normalized spacial score (nSPS) is 26.3. The molecule has 0 bridgehead atoms. The first-order valence-electron chi connectivity index (χ1n) is 7.21. The summed E-state index contributed by atoms with van der Waals surface area (Å²) in [7, 11) is 0. The maximum absolute atomic E-state index is 12.0. The Kier molecular flexibility index (Phi) is 5.63. The third-order valence-electron chi connectivity index (χ3n) is 4.04. The Morgan fingerprint density at radius 1 is 1.32 bits per heavy atom. The number of hydrogen-bond acceptors (Lipinski definition) is 2. The molecule has 0 saturated heterocycles. The Morgan fingerprint density at radius 3 is 2.47 bits per heavy atom. The number of carboxylic acid groups (broad SMARTS) is 1. The monoisotopic (exact) mass is 270 g/mol. The van der Waals surface area contributed by atoms with Gasteiger partial charge in [0.2, 0.25) is 0 Å². The fourth-order valence-corrected chi connectivity index (χ4v) is 2.71. The van der Waals surface area contributed by atoms with Crippen molar-refractivity contribution < 1.29 is 14.7 Å². The molecule has 0 heterocycles. The Morgan fingerprint density at radius 2 is 1.95 bits per heavy atom. The molecule has 0 aromatic heterocycles. The standard InChI is InChI=1S/C14H26N2O3/c1-4-9-14(3,12(17)18)16-13(19)15-11-8-6-5-7-10(11)2/h10-11H,4-9H2,1-3H3,(H,17,18)(H2,15,16,19). The second-order valence-electron chi connectivity index (χ2n) is 5.85. The second kappa shape index (κ2) is 6.78. The van der Waals surface area contributed by atoms with E-state index in [2.05, 4.69) is 17.6 Å². The molecule has 3 N–H and O–H groups in total. The Hall–Kier alpha value is -1.26. The summed E-state index contributed by atoms with van der Waals surface area (Å²) in [4.78, 5) is 23.2. The van der Waals surface area contributed by atoms with Gasteiger partial charge in [-0.15, -0.1) is 0 Å². The van der Waals surface area contributed by atoms with Gasteiger partial charge in [0.1, 0.15) is 5.54 Å². The van der Waals surface area contributed by atoms with Crippen LogP contribution in [0.5, 0.6) is 0 Å². The summed E-state index contributed by atoms with van der Waals surface area (Å²) in [6, 6.07) is -0.203. The zero-order valence-corrected chi connectivity index (χ0v) is 12.2. The highest BCUT2D eigenvalue weighted by atomic mass is 16.4. The van der Waals surface area contributed by atoms with E-state index in [1.165, 1.54) is 6.42 Å². The van der Waals surface area contributed by atoms with Gasteiger partial charge in [0.25, 0.3) is 0 Å². The minimum atomic E-state index is -1.18. The number of urea groups is 1. The molecule has 0 radical (unpaired) electrons. The van der Waals surface area contributed by atoms with Crippen LogP contribution in [0.1, 0.15) is 59.3 Å². The maximum Gasteiger partial charge on any atom is 0.329 e. The van der Waals surface area contributed by atoms with Gasteiger partial charge in [0, 0.05) is 6.04 Å². The summed E-state index contributed by atoms with van der Waals surface area (Å²) < 4.78 is 0. The van der Waals surface area contributed by atoms with E-state index in [4.69, 9.17) is 0 Å². The lowest BCUT2D eigenvalue weighted by atomic mass is 9.86. The van der Waals surface area contributed by atoms with Gasteiger partial charge in [-0.2, -0.15) is 0 Å². The molecule has 0 aliphatic heterocycles. The van der Waals surface area contributed by atoms with Gasteiger partial charge < -0.3 is 15.7 Å². The molecule has 0 aromatic rings. The number of hydrogen-bond donors (Lipinski definition) is 3. The van der Waals surface area contributed by atoms with E-state index in [1.54, 1.807) is 6.92 Å². The fourth-order valence-electron chi connectivity index (χ4n) is 2.71. The maximum atomic E-state index is 12.0. The van der Waals surface area contributed by atoms with Crippen LogP contribution in [0.15, 0.2) is 0 Å². The van der Waals surface area contributed by atoms with Crippen molar-refractivity contribution in [3.8, 4) is 0 Å². The lowest BCUT2D eigenvalue weighted by molar-refractivity contribution is -0.144. The van der Waals surface area contributed by atoms with E-state index in [9.17, 15) is 14.7 Å². The number of aliphatic carboxylic acids is 1. The SMILES string of the molecule is CCCC(C)(NC(=O)NC1CCCCC1C)C(=O)O. The van der Waals surface area contributed by atoms with Crippen molar-refractivity contribution in [1.29, 1.82) is 0 Å². The van der Waals surface area contributed by atoms with Gasteiger partial charge >= 0.3 is 12.0 Å². The lowest BCUT2D eigenvalue weighted by Crippen LogP contribution is -2.57. The molecule has 5 heteroatoms. The molecule has 0 spiro atoms. The van der Waals surface area contributed by atoms with E-state index >= 15 is 0 Å². The minimum absolute atomic E-state index is 0.161. The van der Waals surface area contributed by atoms with Gasteiger partial charge in [0.05, 0.1) is 0 Å². The van der Waals surface area contributed by atoms with Gasteiger partial charge in [-0.3, -0.25) is 0 Å². The fraction of sp³-hybridized carbons (Fsp3) is 0.857. The van der Waals surface area contributed by atoms with E-state index in [1.807, 2.05) is 6.92 Å². The smallest absolute Gasteiger partial charge is 0.329 e. The molecule has 3 unspecified atom stereocenters. The average Bonchev–Trinajstić information content (AvgIpc) is 2.32. The Balaban J connectivity index is 2.55. The highest BCUT2D eigenvalue weighted by Crippen LogP contribution is 2.23. The zero-order valence-electron chi connectivity index (χ0n) is 12.2. The molecule has 110 valence electrons. The first-order chi connectivity index (χ1) is 8.89. The van der Waals surface area contributed by atoms with Crippen LogP contribution in [0.4, 0.5) is 4.79 Å². The number of rotatable bonds is 5. The molecular weight excluding hydrogens is 244 g/mol. The third kappa shape index (κ3) is 4.40. The molecule has 1 rings (SSSR count). The molecule has 1 fully saturated rings. The first-order valence-corrected chi connectivity index (χ1v) is 7.21. The van der Waals surface area contributed by atoms with Gasteiger partial charge in [0.15, 0.2) is 0 Å². The van der Waals surface area contributed by atoms with Crippen molar-refractivity contribution in [2.45, 2.75) is 70.9 Å². The molecule has 1 aliphatic rings. The molecule has 0 aromatic carbocycles. The lowest BCUT2D eigenvalue weighted by Gasteiger charge is -2.32. The summed E-state index contributed by atoms with van der Waals surface area (Å²) in [5.74, 6) is -0.525. The summed E-state index contributed by atoms with van der Waals surface area (Å²) >= 11 is 0. The van der Waals surface area contributed by atoms with Gasteiger partial charge in [-0.05, 0) is 32.1 Å². The molecule has 2 amide bonds. The summed E-state index contributed by atoms with van der Waals surface area (Å²) in [5, 5.41) is 14.8. The van der Waals surface area contributed by atoms with Crippen LogP contribution in [-0.2, 0) is 4.79 Å². The number of carboxylic acids is 1. The molecule has 1 saturated carbocycles. The highest BCUT2D eigenvalue weighted by Gasteiger charge is 2.34. The van der Waals surface area contributed by atoms with Crippen LogP contribution in [0.25, 0.3) is 0 Å². The number of carbonyl (C=O) groups excluding carboxylic acids is 1. The topological polar surface area (TPSA) is 78.4 Å². The molecular formula is C14H26N2O3. The number of amides is 2. The van der Waals surface area contributed by atoms with Crippen molar-refractivity contribution in [2.24, 2.45) is 5.92 Å². The van der Waals surface area contributed by atoms with Crippen molar-refractivity contribution in [3.05, 3.63) is 0 Å². The van der Waals surface area contributed by atoms with E-state index in [0.717, 1.165) is 19.3 Å². The minimum Gasteiger partial charge on any atom is -0.480 e. The molecule has 5 nitrogen and oxygen atoms in total. The van der Waals surface area contributed by atoms with Crippen molar-refractivity contribution >= 4 is 12.0 Å². The number of carbonyl (C=O) groups is 2. The van der Waals surface area contributed by atoms with Crippen LogP contribution in [0.2, 0.25) is 0 Å². The van der Waals surface area contributed by atoms with Crippen LogP contribution < -0.4 is 10.6 Å². The van der Waals surface area contributed by atoms with E-state index in [0.29, 0.717) is 18.8 Å².